The van der Waals surface area contributed by atoms with Gasteiger partial charge >= 0.3 is 5.97 Å². The van der Waals surface area contributed by atoms with Crippen LogP contribution in [-0.4, -0.2) is 15.4 Å². The van der Waals surface area contributed by atoms with E-state index in [0.29, 0.717) is 11.8 Å². The summed E-state index contributed by atoms with van der Waals surface area (Å²) in [6, 6.07) is 0. The third kappa shape index (κ3) is 11.3. The van der Waals surface area contributed by atoms with E-state index in [1.165, 1.54) is 77.0 Å². The highest BCUT2D eigenvalue weighted by Gasteiger charge is 2.32. The van der Waals surface area contributed by atoms with Gasteiger partial charge in [0, 0.05) is 0 Å². The monoisotopic (exact) mass is 434 g/mol. The molecule has 1 saturated carbocycles. The van der Waals surface area contributed by atoms with Gasteiger partial charge in [-0.25, -0.2) is 4.79 Å². The quantitative estimate of drug-likeness (QED) is 0.219. The molecular weight excluding hydrogens is 391 g/mol. The van der Waals surface area contributed by atoms with Gasteiger partial charge in [-0.15, -0.1) is 0 Å². The van der Waals surface area contributed by atoms with Crippen LogP contribution in [0.2, 0.25) is 0 Å². The largest absolute Gasteiger partial charge is 0.479 e. The Hall–Kier alpha value is 0.0500. The van der Waals surface area contributed by atoms with Crippen molar-refractivity contribution in [3.63, 3.8) is 0 Å². The summed E-state index contributed by atoms with van der Waals surface area (Å²) in [6.07, 6.45) is 20.0. The molecule has 166 valence electrons. The van der Waals surface area contributed by atoms with Gasteiger partial charge in [0.05, 0.1) is 0 Å². The average molecular weight is 436 g/mol. The maximum atomic E-state index is 10.8. The molecule has 0 unspecified atom stereocenters. The second-order valence-electron chi connectivity index (χ2n) is 10.2. The van der Waals surface area contributed by atoms with E-state index in [-0.39, 0.29) is 0 Å². The summed E-state index contributed by atoms with van der Waals surface area (Å²) in [7, 11) is 0. The van der Waals surface area contributed by atoms with E-state index >= 15 is 0 Å². The second-order valence-corrected chi connectivity index (χ2v) is 11.7. The highest BCUT2D eigenvalue weighted by atomic mass is 35.5. The van der Waals surface area contributed by atoms with Gasteiger partial charge in [-0.1, -0.05) is 121 Å². The highest BCUT2D eigenvalue weighted by molar-refractivity contribution is 6.57. The summed E-state index contributed by atoms with van der Waals surface area (Å²) < 4.78 is -1.61. The summed E-state index contributed by atoms with van der Waals surface area (Å²) in [6.45, 7) is 7.21. The molecule has 0 spiro atoms. The molecule has 4 heteroatoms. The lowest BCUT2D eigenvalue weighted by Gasteiger charge is -2.37. The minimum absolute atomic E-state index is 0.337. The van der Waals surface area contributed by atoms with Crippen LogP contribution < -0.4 is 0 Å². The molecule has 0 aromatic heterocycles. The Morgan fingerprint density at radius 3 is 1.64 bits per heavy atom. The Balaban J connectivity index is 1.86. The summed E-state index contributed by atoms with van der Waals surface area (Å²) in [5.74, 6) is 0.807. The van der Waals surface area contributed by atoms with Gasteiger partial charge in [-0.2, -0.15) is 0 Å². The third-order valence-electron chi connectivity index (χ3n) is 6.74. The number of hydrogen-bond acceptors (Lipinski definition) is 1. The number of carboxylic acid groups (broad SMARTS) is 1. The summed E-state index contributed by atoms with van der Waals surface area (Å²) in [5, 5.41) is 8.85. The zero-order valence-electron chi connectivity index (χ0n) is 18.6. The molecule has 2 nitrogen and oxygen atoms in total. The van der Waals surface area contributed by atoms with Crippen molar-refractivity contribution in [3.8, 4) is 0 Å². The van der Waals surface area contributed by atoms with Crippen molar-refractivity contribution in [2.45, 2.75) is 128 Å². The predicted octanol–water partition coefficient (Wildman–Crippen LogP) is 8.78. The van der Waals surface area contributed by atoms with Gasteiger partial charge in [-0.05, 0) is 42.9 Å². The lowest BCUT2D eigenvalue weighted by atomic mass is 9.69. The van der Waals surface area contributed by atoms with Gasteiger partial charge in [-0.3, -0.25) is 0 Å². The fourth-order valence-electron chi connectivity index (χ4n) is 4.62. The molecule has 1 N–H and O–H groups in total. The van der Waals surface area contributed by atoms with Crippen molar-refractivity contribution < 1.29 is 9.90 Å². The fourth-order valence-corrected chi connectivity index (χ4v) is 4.89. The Kier molecular flexibility index (Phi) is 12.5. The second kappa shape index (κ2) is 13.4. The summed E-state index contributed by atoms with van der Waals surface area (Å²) in [5.41, 5.74) is 0.502. The number of carboxylic acids is 1. The fraction of sp³-hybridized carbons (Fsp3) is 0.958. The standard InChI is InChI=1S/C24H44Cl2O2/c1-23(2,3)21-17-15-20(16-18-21)14-12-10-8-6-4-5-7-9-11-13-19-24(25,26)22(27)28/h20-21H,4-19H2,1-3H3,(H,27,28)/t20-,21+. The van der Waals surface area contributed by atoms with Crippen LogP contribution in [0.3, 0.4) is 0 Å². The third-order valence-corrected chi connectivity index (χ3v) is 7.44. The zero-order valence-corrected chi connectivity index (χ0v) is 20.1. The van der Waals surface area contributed by atoms with Gasteiger partial charge in [0.1, 0.15) is 0 Å². The molecule has 0 atom stereocenters. The first-order valence-electron chi connectivity index (χ1n) is 11.7. The smallest absolute Gasteiger partial charge is 0.340 e. The number of aliphatic carboxylic acids is 1. The Bertz CT molecular complexity index is 421. The van der Waals surface area contributed by atoms with E-state index in [1.807, 2.05) is 0 Å². The molecule has 0 aromatic carbocycles. The number of hydrogen-bond donors (Lipinski definition) is 1. The minimum atomic E-state index is -1.61. The van der Waals surface area contributed by atoms with Crippen molar-refractivity contribution in [3.05, 3.63) is 0 Å². The van der Waals surface area contributed by atoms with E-state index < -0.39 is 10.3 Å². The number of halogens is 2. The molecule has 1 aliphatic carbocycles. The van der Waals surface area contributed by atoms with Crippen molar-refractivity contribution in [2.75, 3.05) is 0 Å². The van der Waals surface area contributed by atoms with Gasteiger partial charge < -0.3 is 5.11 Å². The van der Waals surface area contributed by atoms with Crippen LogP contribution in [0, 0.1) is 17.3 Å². The van der Waals surface area contributed by atoms with Crippen LogP contribution in [0.1, 0.15) is 124 Å². The first kappa shape index (κ1) is 26.1. The van der Waals surface area contributed by atoms with E-state index in [0.717, 1.165) is 31.1 Å². The topological polar surface area (TPSA) is 37.3 Å². The summed E-state index contributed by atoms with van der Waals surface area (Å²) >= 11 is 11.5. The van der Waals surface area contributed by atoms with Gasteiger partial charge in [0.2, 0.25) is 4.33 Å². The van der Waals surface area contributed by atoms with Crippen molar-refractivity contribution in [1.29, 1.82) is 0 Å². The molecule has 0 aliphatic heterocycles. The molecule has 1 rings (SSSR count). The van der Waals surface area contributed by atoms with Crippen LogP contribution in [0.25, 0.3) is 0 Å². The van der Waals surface area contributed by atoms with E-state index in [1.54, 1.807) is 0 Å². The molecule has 0 aromatic rings. The molecule has 0 amide bonds. The predicted molar refractivity (Wildman–Crippen MR) is 122 cm³/mol. The molecular formula is C24H44Cl2O2. The number of rotatable bonds is 14. The normalized spacial score (nSPS) is 21.0. The molecule has 28 heavy (non-hydrogen) atoms. The molecule has 0 bridgehead atoms. The maximum absolute atomic E-state index is 10.8. The lowest BCUT2D eigenvalue weighted by Crippen LogP contribution is -2.25. The first-order chi connectivity index (χ1) is 13.1. The van der Waals surface area contributed by atoms with E-state index in [4.69, 9.17) is 28.3 Å². The maximum Gasteiger partial charge on any atom is 0.340 e. The van der Waals surface area contributed by atoms with Gasteiger partial charge in [0.15, 0.2) is 0 Å². The SMILES string of the molecule is CC(C)(C)[C@H]1CC[C@@H](CCCCCCCCCCCCC(Cl)(Cl)C(=O)O)CC1. The first-order valence-corrected chi connectivity index (χ1v) is 12.5. The average Bonchev–Trinajstić information content (AvgIpc) is 2.62. The number of carbonyl (C=O) groups is 1. The molecule has 0 saturated heterocycles. The molecule has 0 radical (unpaired) electrons. The summed E-state index contributed by atoms with van der Waals surface area (Å²) in [4.78, 5) is 10.8. The van der Waals surface area contributed by atoms with Crippen LogP contribution >= 0.6 is 23.2 Å². The zero-order chi connectivity index (χ0) is 21.0. The minimum Gasteiger partial charge on any atom is -0.479 e. The lowest BCUT2D eigenvalue weighted by molar-refractivity contribution is -0.138. The van der Waals surface area contributed by atoms with Gasteiger partial charge in [0.25, 0.3) is 0 Å². The van der Waals surface area contributed by atoms with E-state index in [9.17, 15) is 4.79 Å². The van der Waals surface area contributed by atoms with Crippen molar-refractivity contribution in [1.82, 2.24) is 0 Å². The Morgan fingerprint density at radius 1 is 0.786 bits per heavy atom. The van der Waals surface area contributed by atoms with Crippen LogP contribution in [-0.2, 0) is 4.79 Å². The van der Waals surface area contributed by atoms with Crippen LogP contribution in [0.5, 0.6) is 0 Å². The molecule has 1 fully saturated rings. The Labute approximate surface area is 184 Å². The molecule has 0 heterocycles. The van der Waals surface area contributed by atoms with Crippen LogP contribution in [0.15, 0.2) is 0 Å². The highest BCUT2D eigenvalue weighted by Crippen LogP contribution is 2.41. The molecule has 1 aliphatic rings. The van der Waals surface area contributed by atoms with Crippen LogP contribution in [0.4, 0.5) is 0 Å². The van der Waals surface area contributed by atoms with Crippen molar-refractivity contribution in [2.24, 2.45) is 17.3 Å². The van der Waals surface area contributed by atoms with Crippen molar-refractivity contribution >= 4 is 29.2 Å². The Morgan fingerprint density at radius 2 is 1.21 bits per heavy atom. The van der Waals surface area contributed by atoms with E-state index in [2.05, 4.69) is 20.8 Å². The number of alkyl halides is 2. The number of unbranched alkanes of at least 4 members (excludes halogenated alkanes) is 9.